The first-order valence-corrected chi connectivity index (χ1v) is 8.62. The molecule has 0 aromatic heterocycles. The Bertz CT molecular complexity index is 389. The van der Waals surface area contributed by atoms with Gasteiger partial charge in [0, 0.05) is 17.3 Å². The zero-order valence-electron chi connectivity index (χ0n) is 13.9. The highest BCUT2D eigenvalue weighted by molar-refractivity contribution is 5.91. The van der Waals surface area contributed by atoms with Crippen molar-refractivity contribution in [1.29, 1.82) is 0 Å². The molecular formula is C18H31NO2. The second-order valence-corrected chi connectivity index (χ2v) is 8.28. The highest BCUT2D eigenvalue weighted by atomic mass is 16.1. The molecule has 0 radical (unpaired) electrons. The van der Waals surface area contributed by atoms with Crippen molar-refractivity contribution in [2.75, 3.05) is 0 Å². The van der Waals surface area contributed by atoms with E-state index in [2.05, 4.69) is 0 Å². The molecule has 0 unspecified atom stereocenters. The third-order valence-electron chi connectivity index (χ3n) is 5.32. The lowest BCUT2D eigenvalue weighted by atomic mass is 9.68. The summed E-state index contributed by atoms with van der Waals surface area (Å²) in [5.41, 5.74) is 5.28. The summed E-state index contributed by atoms with van der Waals surface area (Å²) in [5, 5.41) is 0. The average molecular weight is 293 g/mol. The monoisotopic (exact) mass is 293 g/mol. The van der Waals surface area contributed by atoms with Gasteiger partial charge in [-0.25, -0.2) is 0 Å². The van der Waals surface area contributed by atoms with Crippen LogP contribution in [0, 0.1) is 29.1 Å². The molecule has 0 heterocycles. The van der Waals surface area contributed by atoms with Crippen molar-refractivity contribution >= 4 is 11.7 Å². The van der Waals surface area contributed by atoms with Gasteiger partial charge in [0.1, 0.15) is 5.78 Å². The van der Waals surface area contributed by atoms with Gasteiger partial charge in [-0.2, -0.15) is 0 Å². The van der Waals surface area contributed by atoms with Crippen molar-refractivity contribution in [2.45, 2.75) is 72.1 Å². The summed E-state index contributed by atoms with van der Waals surface area (Å²) >= 11 is 0. The number of primary amides is 1. The fourth-order valence-electron chi connectivity index (χ4n) is 3.46. The van der Waals surface area contributed by atoms with Crippen LogP contribution in [0.5, 0.6) is 0 Å². The predicted molar refractivity (Wildman–Crippen MR) is 84.6 cm³/mol. The van der Waals surface area contributed by atoms with Gasteiger partial charge in [-0.3, -0.25) is 9.59 Å². The number of Topliss-reactive ketones (excluding diaryl/α,β-unsaturated/α-hetero) is 1. The third kappa shape index (κ3) is 4.55. The van der Waals surface area contributed by atoms with Gasteiger partial charge >= 0.3 is 0 Å². The predicted octanol–water partition coefficient (Wildman–Crippen LogP) is 3.70. The molecule has 2 fully saturated rings. The van der Waals surface area contributed by atoms with E-state index in [1.807, 2.05) is 20.8 Å². The SMILES string of the molecule is CC(C)(C)C(=O)[C@H](CC1CCC1)[C@H](CCC1CC1)C(N)=O. The first-order valence-electron chi connectivity index (χ1n) is 8.62. The van der Waals surface area contributed by atoms with Gasteiger partial charge in [0.2, 0.25) is 5.91 Å². The summed E-state index contributed by atoms with van der Waals surface area (Å²) in [6.07, 6.45) is 8.99. The lowest BCUT2D eigenvalue weighted by Gasteiger charge is -2.35. The molecule has 0 aromatic carbocycles. The highest BCUT2D eigenvalue weighted by Gasteiger charge is 2.40. The molecule has 2 aliphatic carbocycles. The molecular weight excluding hydrogens is 262 g/mol. The summed E-state index contributed by atoms with van der Waals surface area (Å²) in [7, 11) is 0. The molecule has 0 bridgehead atoms. The maximum Gasteiger partial charge on any atom is 0.221 e. The number of rotatable bonds is 8. The molecule has 0 spiro atoms. The molecule has 2 N–H and O–H groups in total. The average Bonchev–Trinajstić information content (AvgIpc) is 3.12. The van der Waals surface area contributed by atoms with Crippen LogP contribution in [0.25, 0.3) is 0 Å². The fraction of sp³-hybridized carbons (Fsp3) is 0.889. The molecule has 2 atom stereocenters. The van der Waals surface area contributed by atoms with E-state index < -0.39 is 0 Å². The molecule has 3 nitrogen and oxygen atoms in total. The molecule has 0 saturated heterocycles. The van der Waals surface area contributed by atoms with Gasteiger partial charge in [0.25, 0.3) is 0 Å². The van der Waals surface area contributed by atoms with Gasteiger partial charge in [-0.1, -0.05) is 52.9 Å². The normalized spacial score (nSPS) is 22.4. The highest BCUT2D eigenvalue weighted by Crippen LogP contribution is 2.41. The van der Waals surface area contributed by atoms with Crippen molar-refractivity contribution in [2.24, 2.45) is 34.8 Å². The summed E-state index contributed by atoms with van der Waals surface area (Å²) in [6, 6.07) is 0. The van der Waals surface area contributed by atoms with Crippen LogP contribution < -0.4 is 5.73 Å². The van der Waals surface area contributed by atoms with Gasteiger partial charge in [-0.05, 0) is 31.1 Å². The molecule has 2 rings (SSSR count). The van der Waals surface area contributed by atoms with E-state index in [-0.39, 0.29) is 28.9 Å². The molecule has 2 saturated carbocycles. The minimum atomic E-state index is -0.387. The molecule has 3 heteroatoms. The van der Waals surface area contributed by atoms with Crippen LogP contribution >= 0.6 is 0 Å². The van der Waals surface area contributed by atoms with Crippen LogP contribution in [0.2, 0.25) is 0 Å². The summed E-state index contributed by atoms with van der Waals surface area (Å²) in [6.45, 7) is 5.88. The number of ketones is 1. The molecule has 21 heavy (non-hydrogen) atoms. The second kappa shape index (κ2) is 6.50. The first-order chi connectivity index (χ1) is 9.79. The van der Waals surface area contributed by atoms with E-state index >= 15 is 0 Å². The molecule has 0 aliphatic heterocycles. The van der Waals surface area contributed by atoms with E-state index in [4.69, 9.17) is 5.73 Å². The number of carbonyl (C=O) groups excluding carboxylic acids is 2. The number of amides is 1. The van der Waals surface area contributed by atoms with E-state index in [0.29, 0.717) is 5.92 Å². The summed E-state index contributed by atoms with van der Waals surface area (Å²) in [4.78, 5) is 24.8. The molecule has 120 valence electrons. The zero-order valence-corrected chi connectivity index (χ0v) is 13.9. The van der Waals surface area contributed by atoms with Crippen LogP contribution in [0.1, 0.15) is 72.1 Å². The van der Waals surface area contributed by atoms with Crippen LogP contribution in [-0.2, 0) is 9.59 Å². The number of nitrogens with two attached hydrogens (primary N) is 1. The van der Waals surface area contributed by atoms with Crippen molar-refractivity contribution in [3.05, 3.63) is 0 Å². The smallest absolute Gasteiger partial charge is 0.221 e. The number of hydrogen-bond donors (Lipinski definition) is 1. The number of carbonyl (C=O) groups is 2. The quantitative estimate of drug-likeness (QED) is 0.741. The standard InChI is InChI=1S/C18H31NO2/c1-18(2,3)16(20)15(11-13-5-4-6-13)14(17(19)21)10-9-12-7-8-12/h12-15H,4-11H2,1-3H3,(H2,19,21)/t14-,15+/m0/s1. The maximum absolute atomic E-state index is 12.8. The first kappa shape index (κ1) is 16.5. The zero-order chi connectivity index (χ0) is 15.6. The minimum Gasteiger partial charge on any atom is -0.369 e. The van der Waals surface area contributed by atoms with Crippen LogP contribution in [-0.4, -0.2) is 11.7 Å². The topological polar surface area (TPSA) is 60.2 Å². The third-order valence-corrected chi connectivity index (χ3v) is 5.32. The lowest BCUT2D eigenvalue weighted by molar-refractivity contribution is -0.138. The Morgan fingerprint density at radius 3 is 2.05 bits per heavy atom. The Kier molecular flexibility index (Phi) is 5.11. The number of hydrogen-bond acceptors (Lipinski definition) is 2. The van der Waals surface area contributed by atoms with Crippen LogP contribution in [0.4, 0.5) is 0 Å². The Morgan fingerprint density at radius 1 is 1.05 bits per heavy atom. The second-order valence-electron chi connectivity index (χ2n) is 8.28. The van der Waals surface area contributed by atoms with Crippen molar-refractivity contribution in [3.8, 4) is 0 Å². The van der Waals surface area contributed by atoms with Gasteiger partial charge < -0.3 is 5.73 Å². The van der Waals surface area contributed by atoms with E-state index in [1.54, 1.807) is 0 Å². The van der Waals surface area contributed by atoms with Gasteiger partial charge in [-0.15, -0.1) is 0 Å². The fourth-order valence-corrected chi connectivity index (χ4v) is 3.46. The maximum atomic E-state index is 12.8. The Balaban J connectivity index is 2.08. The van der Waals surface area contributed by atoms with E-state index in [0.717, 1.165) is 25.2 Å². The Morgan fingerprint density at radius 2 is 1.67 bits per heavy atom. The Labute approximate surface area is 129 Å². The van der Waals surface area contributed by atoms with E-state index in [9.17, 15) is 9.59 Å². The molecule has 1 amide bonds. The van der Waals surface area contributed by atoms with Gasteiger partial charge in [0.05, 0.1) is 0 Å². The lowest BCUT2D eigenvalue weighted by Crippen LogP contribution is -2.41. The summed E-state index contributed by atoms with van der Waals surface area (Å²) in [5.74, 6) is 0.959. The molecule has 2 aliphatic rings. The van der Waals surface area contributed by atoms with E-state index in [1.165, 1.54) is 32.1 Å². The van der Waals surface area contributed by atoms with Crippen molar-refractivity contribution < 1.29 is 9.59 Å². The van der Waals surface area contributed by atoms with Crippen molar-refractivity contribution in [3.63, 3.8) is 0 Å². The largest absolute Gasteiger partial charge is 0.369 e. The Hall–Kier alpha value is -0.860. The minimum absolute atomic E-state index is 0.161. The van der Waals surface area contributed by atoms with Crippen LogP contribution in [0.15, 0.2) is 0 Å². The molecule has 0 aromatic rings. The van der Waals surface area contributed by atoms with Crippen LogP contribution in [0.3, 0.4) is 0 Å². The van der Waals surface area contributed by atoms with Crippen molar-refractivity contribution in [1.82, 2.24) is 0 Å². The van der Waals surface area contributed by atoms with Gasteiger partial charge in [0.15, 0.2) is 0 Å². The summed E-state index contributed by atoms with van der Waals surface area (Å²) < 4.78 is 0.